The van der Waals surface area contributed by atoms with Gasteiger partial charge in [-0.1, -0.05) is 48.3 Å². The molecular weight excluding hydrogens is 434 g/mol. The van der Waals surface area contributed by atoms with E-state index in [1.54, 1.807) is 12.1 Å². The molecule has 2 aromatic rings. The molecule has 0 saturated heterocycles. The van der Waals surface area contributed by atoms with Crippen LogP contribution in [0.2, 0.25) is 5.02 Å². The van der Waals surface area contributed by atoms with Crippen LogP contribution >= 0.6 is 27.5 Å². The highest BCUT2D eigenvalue weighted by Gasteiger charge is 2.20. The molecule has 0 saturated carbocycles. The molecule has 0 atom stereocenters. The van der Waals surface area contributed by atoms with Gasteiger partial charge in [-0.2, -0.15) is 0 Å². The van der Waals surface area contributed by atoms with E-state index in [1.165, 1.54) is 14.2 Å². The molecule has 2 aromatic carbocycles. The summed E-state index contributed by atoms with van der Waals surface area (Å²) in [7, 11) is 3.01. The van der Waals surface area contributed by atoms with Gasteiger partial charge in [-0.15, -0.1) is 0 Å². The molecule has 0 aliphatic carbocycles. The van der Waals surface area contributed by atoms with Crippen LogP contribution in [0.15, 0.2) is 34.8 Å². The highest BCUT2D eigenvalue weighted by molar-refractivity contribution is 9.10. The summed E-state index contributed by atoms with van der Waals surface area (Å²) < 4.78 is 17.2. The van der Waals surface area contributed by atoms with Crippen LogP contribution in [0.4, 0.5) is 5.69 Å². The van der Waals surface area contributed by atoms with Gasteiger partial charge in [0.2, 0.25) is 0 Å². The minimum absolute atomic E-state index is 0.123. The average Bonchev–Trinajstić information content (AvgIpc) is 2.60. The van der Waals surface area contributed by atoms with Crippen molar-refractivity contribution in [2.24, 2.45) is 0 Å². The second kappa shape index (κ2) is 8.85. The van der Waals surface area contributed by atoms with Crippen LogP contribution in [0.3, 0.4) is 0 Å². The number of amides is 1. The second-order valence-corrected chi connectivity index (χ2v) is 8.24. The Morgan fingerprint density at radius 3 is 2.33 bits per heavy atom. The lowest BCUT2D eigenvalue weighted by atomic mass is 9.86. The average molecular weight is 457 g/mol. The number of ether oxygens (including phenoxy) is 3. The molecule has 0 spiro atoms. The molecule has 1 amide bonds. The maximum atomic E-state index is 12.4. The van der Waals surface area contributed by atoms with Crippen LogP contribution in [0.1, 0.15) is 26.3 Å². The fraction of sp³-hybridized carbons (Fsp3) is 0.350. The molecule has 0 aromatic heterocycles. The first-order valence-corrected chi connectivity index (χ1v) is 9.47. The third-order valence-electron chi connectivity index (χ3n) is 3.86. The van der Waals surface area contributed by atoms with Crippen LogP contribution < -0.4 is 19.5 Å². The van der Waals surface area contributed by atoms with Crippen LogP contribution in [0.25, 0.3) is 0 Å². The molecule has 27 heavy (non-hydrogen) atoms. The Morgan fingerprint density at radius 2 is 1.74 bits per heavy atom. The third-order valence-corrected chi connectivity index (χ3v) is 4.65. The SMILES string of the molecule is COc1cc(NC(=O)COc2ccc(Br)cc2C(C)(C)C)c(OC)cc1Cl. The first kappa shape index (κ1) is 21.4. The number of anilines is 1. The predicted octanol–water partition coefficient (Wildman–Crippen LogP) is 5.43. The summed E-state index contributed by atoms with van der Waals surface area (Å²) in [6, 6.07) is 8.93. The number of carbonyl (C=O) groups excluding carboxylic acids is 1. The van der Waals surface area contributed by atoms with Crippen molar-refractivity contribution >= 4 is 39.1 Å². The molecule has 7 heteroatoms. The van der Waals surface area contributed by atoms with Crippen molar-refractivity contribution in [1.29, 1.82) is 0 Å². The van der Waals surface area contributed by atoms with Crippen LogP contribution in [-0.4, -0.2) is 26.7 Å². The zero-order valence-corrected chi connectivity index (χ0v) is 18.3. The minimum Gasteiger partial charge on any atom is -0.495 e. The highest BCUT2D eigenvalue weighted by atomic mass is 79.9. The van der Waals surface area contributed by atoms with E-state index in [4.69, 9.17) is 25.8 Å². The van der Waals surface area contributed by atoms with Crippen molar-refractivity contribution in [3.63, 3.8) is 0 Å². The van der Waals surface area contributed by atoms with E-state index >= 15 is 0 Å². The molecule has 0 bridgehead atoms. The number of nitrogens with one attached hydrogen (secondary N) is 1. The van der Waals surface area contributed by atoms with E-state index < -0.39 is 0 Å². The maximum absolute atomic E-state index is 12.4. The fourth-order valence-electron chi connectivity index (χ4n) is 2.50. The number of methoxy groups -OCH3 is 2. The van der Waals surface area contributed by atoms with Crippen LogP contribution in [0, 0.1) is 0 Å². The zero-order chi connectivity index (χ0) is 20.2. The van der Waals surface area contributed by atoms with E-state index in [9.17, 15) is 4.79 Å². The van der Waals surface area contributed by atoms with E-state index in [-0.39, 0.29) is 17.9 Å². The quantitative estimate of drug-likeness (QED) is 0.629. The normalized spacial score (nSPS) is 11.1. The first-order valence-electron chi connectivity index (χ1n) is 8.30. The Hall–Kier alpha value is -1.92. The number of carbonyl (C=O) groups is 1. The third kappa shape index (κ3) is 5.53. The van der Waals surface area contributed by atoms with Gasteiger partial charge in [0.1, 0.15) is 17.2 Å². The van der Waals surface area contributed by atoms with Crippen molar-refractivity contribution in [3.05, 3.63) is 45.4 Å². The number of rotatable bonds is 6. The van der Waals surface area contributed by atoms with E-state index in [2.05, 4.69) is 42.0 Å². The van der Waals surface area contributed by atoms with Crippen molar-refractivity contribution in [2.45, 2.75) is 26.2 Å². The van der Waals surface area contributed by atoms with Crippen molar-refractivity contribution in [3.8, 4) is 17.2 Å². The van der Waals surface area contributed by atoms with Gasteiger partial charge in [0.15, 0.2) is 6.61 Å². The summed E-state index contributed by atoms with van der Waals surface area (Å²) in [5.41, 5.74) is 1.34. The number of benzene rings is 2. The van der Waals surface area contributed by atoms with Gasteiger partial charge in [-0.25, -0.2) is 0 Å². The van der Waals surface area contributed by atoms with Gasteiger partial charge >= 0.3 is 0 Å². The molecule has 146 valence electrons. The van der Waals surface area contributed by atoms with E-state index in [0.29, 0.717) is 28.0 Å². The molecule has 0 fully saturated rings. The summed E-state index contributed by atoms with van der Waals surface area (Å²) in [4.78, 5) is 12.4. The van der Waals surface area contributed by atoms with Gasteiger partial charge in [-0.3, -0.25) is 4.79 Å². The van der Waals surface area contributed by atoms with Crippen LogP contribution in [-0.2, 0) is 10.2 Å². The summed E-state index contributed by atoms with van der Waals surface area (Å²) in [5.74, 6) is 1.23. The summed E-state index contributed by atoms with van der Waals surface area (Å²) in [6.07, 6.45) is 0. The Morgan fingerprint density at radius 1 is 1.07 bits per heavy atom. The van der Waals surface area contributed by atoms with Gasteiger partial charge in [0, 0.05) is 22.2 Å². The Labute approximate surface area is 173 Å². The predicted molar refractivity (Wildman–Crippen MR) is 112 cm³/mol. The van der Waals surface area contributed by atoms with Gasteiger partial charge < -0.3 is 19.5 Å². The minimum atomic E-state index is -0.319. The topological polar surface area (TPSA) is 56.8 Å². The van der Waals surface area contributed by atoms with E-state index in [1.807, 2.05) is 18.2 Å². The molecule has 5 nitrogen and oxygen atoms in total. The summed E-state index contributed by atoms with van der Waals surface area (Å²) >= 11 is 9.56. The van der Waals surface area contributed by atoms with Crippen molar-refractivity contribution in [1.82, 2.24) is 0 Å². The summed E-state index contributed by atoms with van der Waals surface area (Å²) in [6.45, 7) is 6.13. The Balaban J connectivity index is 2.14. The molecule has 1 N–H and O–H groups in total. The number of halogens is 2. The van der Waals surface area contributed by atoms with Gasteiger partial charge in [0.05, 0.1) is 24.9 Å². The molecule has 0 heterocycles. The standard InChI is InChI=1S/C20H23BrClNO4/c1-20(2,3)13-8-12(21)6-7-16(13)27-11-19(24)23-15-10-17(25-4)14(22)9-18(15)26-5/h6-10H,11H2,1-5H3,(H,23,24). The zero-order valence-electron chi connectivity index (χ0n) is 16.0. The molecule has 2 rings (SSSR count). The number of hydrogen-bond donors (Lipinski definition) is 1. The molecule has 0 aliphatic rings. The second-order valence-electron chi connectivity index (χ2n) is 6.91. The maximum Gasteiger partial charge on any atom is 0.262 e. The van der Waals surface area contributed by atoms with Gasteiger partial charge in [-0.05, 0) is 23.6 Å². The van der Waals surface area contributed by atoms with Crippen molar-refractivity contribution in [2.75, 3.05) is 26.1 Å². The van der Waals surface area contributed by atoms with Crippen LogP contribution in [0.5, 0.6) is 17.2 Å². The molecular formula is C20H23BrClNO4. The van der Waals surface area contributed by atoms with Gasteiger partial charge in [0.25, 0.3) is 5.91 Å². The monoisotopic (exact) mass is 455 g/mol. The van der Waals surface area contributed by atoms with Crippen molar-refractivity contribution < 1.29 is 19.0 Å². The smallest absolute Gasteiger partial charge is 0.262 e. The lowest BCUT2D eigenvalue weighted by Gasteiger charge is -2.23. The molecule has 0 radical (unpaired) electrons. The Kier molecular flexibility index (Phi) is 7.00. The lowest BCUT2D eigenvalue weighted by Crippen LogP contribution is -2.22. The molecule has 0 unspecified atom stereocenters. The number of hydrogen-bond acceptors (Lipinski definition) is 4. The highest BCUT2D eigenvalue weighted by Crippen LogP contribution is 2.36. The van der Waals surface area contributed by atoms with E-state index in [0.717, 1.165) is 10.0 Å². The first-order chi connectivity index (χ1) is 12.7. The summed E-state index contributed by atoms with van der Waals surface area (Å²) in [5, 5.41) is 3.16. The largest absolute Gasteiger partial charge is 0.495 e. The lowest BCUT2D eigenvalue weighted by molar-refractivity contribution is -0.118. The molecule has 0 aliphatic heterocycles. The fourth-order valence-corrected chi connectivity index (χ4v) is 3.09. The Bertz CT molecular complexity index is 833.